The summed E-state index contributed by atoms with van der Waals surface area (Å²) in [5.41, 5.74) is 17.0. The van der Waals surface area contributed by atoms with Crippen LogP contribution in [0, 0.1) is 0 Å². The van der Waals surface area contributed by atoms with E-state index in [1.165, 1.54) is 0 Å². The van der Waals surface area contributed by atoms with Crippen molar-refractivity contribution in [1.29, 1.82) is 0 Å². The van der Waals surface area contributed by atoms with Crippen LogP contribution in [0.4, 0.5) is 0 Å². The van der Waals surface area contributed by atoms with E-state index in [0.29, 0.717) is 5.56 Å². The number of hydrogen-bond donors (Lipinski definition) is 3. The molecule has 0 fully saturated rings. The van der Waals surface area contributed by atoms with Crippen molar-refractivity contribution in [2.75, 3.05) is 6.54 Å². The van der Waals surface area contributed by atoms with Gasteiger partial charge < -0.3 is 17.2 Å². The molecule has 0 aromatic heterocycles. The van der Waals surface area contributed by atoms with Gasteiger partial charge in [0.2, 0.25) is 11.8 Å². The summed E-state index contributed by atoms with van der Waals surface area (Å²) in [6, 6.07) is 13.3. The standard InChI is InChI=1S/C11H9NO.C2H6N2O/c12-11(13)10-7-6-8-4-2-1-3-5-9(8)10;3-1-2(4)5/h1-7H,(H2,12,13);1,3H2,(H2,4,5). The van der Waals surface area contributed by atoms with Crippen molar-refractivity contribution >= 4 is 11.8 Å². The van der Waals surface area contributed by atoms with E-state index < -0.39 is 5.91 Å². The molecule has 0 aromatic carbocycles. The van der Waals surface area contributed by atoms with Gasteiger partial charge in [0.05, 0.1) is 6.54 Å². The molecule has 0 aliphatic heterocycles. The molecule has 0 radical (unpaired) electrons. The van der Waals surface area contributed by atoms with Crippen LogP contribution in [-0.4, -0.2) is 18.4 Å². The number of rotatable bonds is 2. The molecule has 2 amide bonds. The quantitative estimate of drug-likeness (QED) is 0.708. The minimum absolute atomic E-state index is 0.0556. The van der Waals surface area contributed by atoms with E-state index in [9.17, 15) is 9.59 Å². The Labute approximate surface area is 105 Å². The molecule has 5 nitrogen and oxygen atoms in total. The summed E-state index contributed by atoms with van der Waals surface area (Å²) in [6.45, 7) is -0.0556. The molecule has 2 aliphatic rings. The molecule has 6 N–H and O–H groups in total. The summed E-state index contributed by atoms with van der Waals surface area (Å²) >= 11 is 0. The predicted molar refractivity (Wildman–Crippen MR) is 69.8 cm³/mol. The summed E-state index contributed by atoms with van der Waals surface area (Å²) in [6.07, 6.45) is 0. The van der Waals surface area contributed by atoms with Gasteiger partial charge in [-0.05, 0) is 17.2 Å². The first-order valence-electron chi connectivity index (χ1n) is 5.32. The first-order chi connectivity index (χ1) is 8.56. The predicted octanol–water partition coefficient (Wildman–Crippen LogP) is 0.321. The number of carbonyl (C=O) groups is 2. The van der Waals surface area contributed by atoms with Crippen LogP contribution in [0.5, 0.6) is 0 Å². The highest BCUT2D eigenvalue weighted by molar-refractivity contribution is 6.01. The zero-order valence-corrected chi connectivity index (χ0v) is 9.80. The number of primary amides is 2. The summed E-state index contributed by atoms with van der Waals surface area (Å²) in [5.74, 6) is -0.841. The Bertz CT molecular complexity index is 526. The maximum atomic E-state index is 11.0. The van der Waals surface area contributed by atoms with Crippen molar-refractivity contribution in [3.05, 3.63) is 48.0 Å². The topological polar surface area (TPSA) is 112 Å². The van der Waals surface area contributed by atoms with Gasteiger partial charge in [-0.25, -0.2) is 0 Å². The van der Waals surface area contributed by atoms with Gasteiger partial charge in [-0.1, -0.05) is 36.4 Å². The Morgan fingerprint density at radius 3 is 2.11 bits per heavy atom. The second kappa shape index (κ2) is 6.36. The molecule has 18 heavy (non-hydrogen) atoms. The van der Waals surface area contributed by atoms with Gasteiger partial charge in [-0.3, -0.25) is 9.59 Å². The third-order valence-corrected chi connectivity index (χ3v) is 2.26. The third kappa shape index (κ3) is 3.57. The van der Waals surface area contributed by atoms with E-state index >= 15 is 0 Å². The zero-order chi connectivity index (χ0) is 13.5. The minimum atomic E-state index is -0.468. The summed E-state index contributed by atoms with van der Waals surface area (Å²) < 4.78 is 0. The van der Waals surface area contributed by atoms with Crippen molar-refractivity contribution in [3.63, 3.8) is 0 Å². The van der Waals surface area contributed by atoms with Gasteiger partial charge in [-0.15, -0.1) is 0 Å². The van der Waals surface area contributed by atoms with Crippen molar-refractivity contribution in [2.45, 2.75) is 0 Å². The normalized spacial score (nSPS) is 9.39. The fourth-order valence-electron chi connectivity index (χ4n) is 1.43. The lowest BCUT2D eigenvalue weighted by Gasteiger charge is -1.94. The van der Waals surface area contributed by atoms with Crippen molar-refractivity contribution < 1.29 is 9.59 Å². The number of nitrogens with two attached hydrogens (primary N) is 3. The van der Waals surface area contributed by atoms with Crippen LogP contribution in [0.1, 0.15) is 10.4 Å². The molecule has 0 spiro atoms. The van der Waals surface area contributed by atoms with Crippen LogP contribution < -0.4 is 17.2 Å². The van der Waals surface area contributed by atoms with E-state index in [4.69, 9.17) is 11.5 Å². The van der Waals surface area contributed by atoms with Gasteiger partial charge in [0.1, 0.15) is 0 Å². The van der Waals surface area contributed by atoms with Crippen LogP contribution in [-0.2, 0) is 4.79 Å². The highest BCUT2D eigenvalue weighted by atomic mass is 16.1. The molecule has 0 bridgehead atoms. The van der Waals surface area contributed by atoms with Gasteiger partial charge in [0.15, 0.2) is 0 Å². The van der Waals surface area contributed by atoms with Crippen molar-refractivity contribution in [3.8, 4) is 11.1 Å². The third-order valence-electron chi connectivity index (χ3n) is 2.26. The lowest BCUT2D eigenvalue weighted by Crippen LogP contribution is -2.21. The molecule has 0 aromatic rings. The molecular weight excluding hydrogens is 230 g/mol. The van der Waals surface area contributed by atoms with Crippen LogP contribution in [0.25, 0.3) is 11.1 Å². The lowest BCUT2D eigenvalue weighted by molar-refractivity contribution is -0.116. The number of hydrogen-bond acceptors (Lipinski definition) is 3. The average molecular weight is 245 g/mol. The summed E-state index contributed by atoms with van der Waals surface area (Å²) in [5, 5.41) is 0. The van der Waals surface area contributed by atoms with Crippen LogP contribution in [0.15, 0.2) is 42.5 Å². The number of fused-ring (bicyclic) bond motifs is 1. The van der Waals surface area contributed by atoms with E-state index in [0.717, 1.165) is 11.1 Å². The zero-order valence-electron chi connectivity index (χ0n) is 9.80. The number of carbonyl (C=O) groups excluding carboxylic acids is 2. The second-order valence-electron chi connectivity index (χ2n) is 3.56. The largest absolute Gasteiger partial charge is 0.369 e. The highest BCUT2D eigenvalue weighted by Crippen LogP contribution is 2.25. The molecule has 5 heteroatoms. The Kier molecular flexibility index (Phi) is 4.83. The molecule has 0 unspecified atom stereocenters. The molecule has 0 saturated heterocycles. The fraction of sp³-hybridized carbons (Fsp3) is 0.0769. The van der Waals surface area contributed by atoms with Crippen LogP contribution >= 0.6 is 0 Å². The van der Waals surface area contributed by atoms with E-state index in [1.807, 2.05) is 36.4 Å². The maximum absolute atomic E-state index is 11.0. The monoisotopic (exact) mass is 245 g/mol. The maximum Gasteiger partial charge on any atom is 0.249 e. The Morgan fingerprint density at radius 1 is 0.944 bits per heavy atom. The smallest absolute Gasteiger partial charge is 0.249 e. The van der Waals surface area contributed by atoms with E-state index in [-0.39, 0.29) is 12.5 Å². The van der Waals surface area contributed by atoms with E-state index in [2.05, 4.69) is 5.73 Å². The average Bonchev–Trinajstić information content (AvgIpc) is 2.60. The summed E-state index contributed by atoms with van der Waals surface area (Å²) in [4.78, 5) is 20.5. The SMILES string of the molecule is NC(=O)c1ccc2cccccc1-2.NCC(N)=O. The van der Waals surface area contributed by atoms with E-state index in [1.54, 1.807) is 6.07 Å². The number of amides is 2. The Morgan fingerprint density at radius 2 is 1.56 bits per heavy atom. The van der Waals surface area contributed by atoms with Crippen LogP contribution in [0.2, 0.25) is 0 Å². The fourth-order valence-corrected chi connectivity index (χ4v) is 1.43. The molecule has 0 saturated carbocycles. The first-order valence-corrected chi connectivity index (χ1v) is 5.32. The Hall–Kier alpha value is -2.40. The van der Waals surface area contributed by atoms with Crippen molar-refractivity contribution in [1.82, 2.24) is 0 Å². The second-order valence-corrected chi connectivity index (χ2v) is 3.56. The van der Waals surface area contributed by atoms with Gasteiger partial charge >= 0.3 is 0 Å². The summed E-state index contributed by atoms with van der Waals surface area (Å²) in [7, 11) is 0. The molecule has 94 valence electrons. The van der Waals surface area contributed by atoms with Gasteiger partial charge in [0.25, 0.3) is 0 Å². The minimum Gasteiger partial charge on any atom is -0.369 e. The van der Waals surface area contributed by atoms with Crippen molar-refractivity contribution in [2.24, 2.45) is 17.2 Å². The van der Waals surface area contributed by atoms with Gasteiger partial charge in [0, 0.05) is 5.56 Å². The molecule has 2 rings (SSSR count). The van der Waals surface area contributed by atoms with Gasteiger partial charge in [-0.2, -0.15) is 0 Å². The molecular formula is C13H15N3O2. The van der Waals surface area contributed by atoms with Crippen LogP contribution in [0.3, 0.4) is 0 Å². The molecule has 0 atom stereocenters. The molecule has 0 heterocycles. The Balaban J connectivity index is 0.000000280. The highest BCUT2D eigenvalue weighted by Gasteiger charge is 2.10. The first kappa shape index (κ1) is 13.7. The lowest BCUT2D eigenvalue weighted by atomic mass is 10.1. The molecule has 2 aliphatic carbocycles.